The van der Waals surface area contributed by atoms with E-state index in [1.54, 1.807) is 0 Å². The Kier molecular flexibility index (Phi) is 67.1. The van der Waals surface area contributed by atoms with Crippen molar-refractivity contribution in [3.05, 3.63) is 0 Å². The van der Waals surface area contributed by atoms with Gasteiger partial charge in [-0.3, -0.25) is 4.79 Å². The molecule has 7 N–H and O–H groups in total. The summed E-state index contributed by atoms with van der Waals surface area (Å²) in [6.07, 6.45) is 1.11. The van der Waals surface area contributed by atoms with Gasteiger partial charge in [-0.05, 0) is 13.5 Å². The van der Waals surface area contributed by atoms with Gasteiger partial charge in [-0.2, -0.15) is 0 Å². The monoisotopic (exact) mass is 323 g/mol. The van der Waals surface area contributed by atoms with E-state index in [-0.39, 0.29) is 41.5 Å². The second kappa shape index (κ2) is 42.7. The van der Waals surface area contributed by atoms with Crippen molar-refractivity contribution >= 4 is 6.47 Å². The fourth-order valence-corrected chi connectivity index (χ4v) is 0.689. The molecule has 0 saturated heterocycles. The fraction of sp³-hybridized carbons (Fsp3) is 0.909. The van der Waals surface area contributed by atoms with Crippen molar-refractivity contribution in [3.63, 3.8) is 0 Å². The predicted molar refractivity (Wildman–Crippen MR) is 74.7 cm³/mol. The number of nitrogens with one attached hydrogen (secondary N) is 1. The Morgan fingerprint density at radius 2 is 1.52 bits per heavy atom. The molecule has 0 amide bonds. The number of hydrogen-bond donors (Lipinski definition) is 3. The summed E-state index contributed by atoms with van der Waals surface area (Å²) in [5, 5.41) is 11.4. The number of nitrogens with two attached hydrogens (primary N) is 2. The van der Waals surface area contributed by atoms with Crippen molar-refractivity contribution in [2.75, 3.05) is 53.1 Å². The summed E-state index contributed by atoms with van der Waals surface area (Å²) >= 11 is 0. The molecule has 0 aliphatic rings. The molecule has 9 nitrogen and oxygen atoms in total. The van der Waals surface area contributed by atoms with Crippen LogP contribution in [0.3, 0.4) is 0 Å². The number of hydrogen-bond acceptors (Lipinski definition) is 8. The number of ether oxygens (including phenoxy) is 2. The number of carbonyl (C=O) groups is 1. The van der Waals surface area contributed by atoms with Gasteiger partial charge in [-0.1, -0.05) is 6.92 Å². The maximum absolute atomic E-state index is 8.64. The minimum Gasteiger partial charge on any atom is -0.662 e. The first-order valence-electron chi connectivity index (χ1n) is 6.17. The molecule has 0 rings (SSSR count). The van der Waals surface area contributed by atoms with E-state index in [4.69, 9.17) is 31.0 Å². The van der Waals surface area contributed by atoms with Crippen LogP contribution in [0.1, 0.15) is 13.3 Å². The average molecular weight is 323 g/mol. The van der Waals surface area contributed by atoms with Gasteiger partial charge in [0.25, 0.3) is 6.47 Å². The van der Waals surface area contributed by atoms with E-state index < -0.39 is 0 Å². The molecular formula is C11H30N3NaO6. The Bertz CT molecular complexity index is 139. The van der Waals surface area contributed by atoms with E-state index in [1.165, 1.54) is 0 Å². The van der Waals surface area contributed by atoms with Crippen LogP contribution >= 0.6 is 0 Å². The van der Waals surface area contributed by atoms with Gasteiger partial charge >= 0.3 is 29.6 Å². The third-order valence-corrected chi connectivity index (χ3v) is 1.41. The van der Waals surface area contributed by atoms with Crippen LogP contribution in [0.5, 0.6) is 0 Å². The molecule has 0 aliphatic heterocycles. The Balaban J connectivity index is -0.0000000610. The molecule has 126 valence electrons. The SMILES string of the molecule is CCCOCCNC.NCCOCCN.O.O=CO[O-].[Na+]. The first kappa shape index (κ1) is 33.0. The Morgan fingerprint density at radius 1 is 1.10 bits per heavy atom. The maximum Gasteiger partial charge on any atom is 1.00 e. The number of rotatable bonds is 10. The Labute approximate surface area is 149 Å². The van der Waals surface area contributed by atoms with Gasteiger partial charge in [0.15, 0.2) is 0 Å². The molecule has 0 unspecified atom stereocenters. The Morgan fingerprint density at radius 3 is 1.81 bits per heavy atom. The van der Waals surface area contributed by atoms with Gasteiger partial charge in [0.1, 0.15) is 0 Å². The molecule has 0 aromatic heterocycles. The van der Waals surface area contributed by atoms with Crippen LogP contribution in [0.25, 0.3) is 0 Å². The van der Waals surface area contributed by atoms with Crippen LogP contribution in [0, 0.1) is 0 Å². The van der Waals surface area contributed by atoms with Crippen LogP contribution in [0.15, 0.2) is 0 Å². The molecule has 0 heterocycles. The third kappa shape index (κ3) is 64.3. The molecule has 0 bridgehead atoms. The van der Waals surface area contributed by atoms with E-state index in [2.05, 4.69) is 17.1 Å². The van der Waals surface area contributed by atoms with Crippen molar-refractivity contribution in [3.8, 4) is 0 Å². The van der Waals surface area contributed by atoms with Gasteiger partial charge in [-0.25, -0.2) is 0 Å². The number of carbonyl (C=O) groups excluding carboxylic acids is 1. The zero-order chi connectivity index (χ0) is 15.2. The van der Waals surface area contributed by atoms with Crippen LogP contribution in [0.4, 0.5) is 0 Å². The third-order valence-electron chi connectivity index (χ3n) is 1.41. The van der Waals surface area contributed by atoms with E-state index >= 15 is 0 Å². The number of likely N-dealkylation sites (N-methyl/N-ethyl adjacent to an activating group) is 1. The molecule has 0 aromatic carbocycles. The average Bonchev–Trinajstić information content (AvgIpc) is 2.45. The molecule has 0 aliphatic carbocycles. The molecule has 10 heteroatoms. The molecule has 0 aromatic rings. The van der Waals surface area contributed by atoms with Crippen molar-refractivity contribution in [1.82, 2.24) is 5.32 Å². The normalized spacial score (nSPS) is 7.86. The van der Waals surface area contributed by atoms with E-state index in [0.717, 1.165) is 26.2 Å². The molecule has 0 atom stereocenters. The van der Waals surface area contributed by atoms with E-state index in [0.29, 0.717) is 26.3 Å². The van der Waals surface area contributed by atoms with Crippen molar-refractivity contribution in [2.45, 2.75) is 13.3 Å². The van der Waals surface area contributed by atoms with Gasteiger partial charge in [0, 0.05) is 26.2 Å². The molecule has 0 fully saturated rings. The summed E-state index contributed by atoms with van der Waals surface area (Å²) in [4.78, 5) is 11.2. The summed E-state index contributed by atoms with van der Waals surface area (Å²) in [5.74, 6) is 0. The van der Waals surface area contributed by atoms with Gasteiger partial charge in [0.2, 0.25) is 0 Å². The van der Waals surface area contributed by atoms with Gasteiger partial charge in [-0.15, -0.1) is 0 Å². The van der Waals surface area contributed by atoms with Gasteiger partial charge < -0.3 is 41.9 Å². The molecule has 21 heavy (non-hydrogen) atoms. The second-order valence-corrected chi connectivity index (χ2v) is 3.10. The fourth-order valence-electron chi connectivity index (χ4n) is 0.689. The first-order chi connectivity index (χ1) is 9.24. The topological polar surface area (TPSA) is 163 Å². The molecule has 0 radical (unpaired) electrons. The van der Waals surface area contributed by atoms with Crippen molar-refractivity contribution < 1.29 is 59.4 Å². The summed E-state index contributed by atoms with van der Waals surface area (Å²) in [7, 11) is 1.93. The largest absolute Gasteiger partial charge is 1.00 e. The standard InChI is InChI=1S/C6H15NO.C4H12N2O.CH2O3.Na.H2O/c1-3-5-8-6-4-7-2;5-1-3-7-4-2-6;2-1-4-3;;/h7H,3-6H2,1-2H3;1-6H2;1,3H;;1H2/q;;;+1;/p-1. The van der Waals surface area contributed by atoms with Gasteiger partial charge in [0.05, 0.1) is 19.8 Å². The second-order valence-electron chi connectivity index (χ2n) is 3.10. The van der Waals surface area contributed by atoms with Crippen LogP contribution < -0.4 is 51.6 Å². The molecule has 0 spiro atoms. The Hall–Kier alpha value is 0.190. The van der Waals surface area contributed by atoms with Crippen LogP contribution in [0.2, 0.25) is 0 Å². The molecular weight excluding hydrogens is 293 g/mol. The van der Waals surface area contributed by atoms with Crippen LogP contribution in [-0.4, -0.2) is 65.1 Å². The minimum atomic E-state index is -0.181. The molecule has 0 saturated carbocycles. The van der Waals surface area contributed by atoms with E-state index in [1.807, 2.05) is 7.05 Å². The first-order valence-corrected chi connectivity index (χ1v) is 6.17. The maximum atomic E-state index is 8.64. The quantitative estimate of drug-likeness (QED) is 0.118. The van der Waals surface area contributed by atoms with Crippen molar-refractivity contribution in [2.24, 2.45) is 11.5 Å². The van der Waals surface area contributed by atoms with E-state index in [9.17, 15) is 0 Å². The van der Waals surface area contributed by atoms with Crippen LogP contribution in [-0.2, 0) is 19.2 Å². The summed E-state index contributed by atoms with van der Waals surface area (Å²) in [5.41, 5.74) is 10.2. The minimum absolute atomic E-state index is 0. The van der Waals surface area contributed by atoms with Crippen molar-refractivity contribution in [1.29, 1.82) is 0 Å². The summed E-state index contributed by atoms with van der Waals surface area (Å²) in [6.45, 7) is 7.03. The zero-order valence-electron chi connectivity index (χ0n) is 13.4. The summed E-state index contributed by atoms with van der Waals surface area (Å²) < 4.78 is 10.0. The predicted octanol–water partition coefficient (Wildman–Crippen LogP) is -5.83. The zero-order valence-corrected chi connectivity index (χ0v) is 15.4. The summed E-state index contributed by atoms with van der Waals surface area (Å²) in [6, 6.07) is 0. The smallest absolute Gasteiger partial charge is 0.662 e.